The first-order chi connectivity index (χ1) is 19.4. The molecule has 0 radical (unpaired) electrons. The van der Waals surface area contributed by atoms with E-state index in [1.807, 2.05) is 67.5 Å². The van der Waals surface area contributed by atoms with Crippen molar-refractivity contribution in [3.63, 3.8) is 0 Å². The zero-order chi connectivity index (χ0) is 28.1. The van der Waals surface area contributed by atoms with Crippen LogP contribution in [-0.2, 0) is 17.9 Å². The Morgan fingerprint density at radius 3 is 2.25 bits per heavy atom. The van der Waals surface area contributed by atoms with Crippen LogP contribution in [0.2, 0.25) is 0 Å². The molecule has 1 aliphatic heterocycles. The molecule has 206 valence electrons. The third-order valence-electron chi connectivity index (χ3n) is 7.50. The largest absolute Gasteiger partial charge is 0.493 e. The number of amides is 1. The van der Waals surface area contributed by atoms with E-state index in [1.54, 1.807) is 0 Å². The van der Waals surface area contributed by atoms with Crippen molar-refractivity contribution in [3.05, 3.63) is 119 Å². The van der Waals surface area contributed by atoms with Gasteiger partial charge in [0.2, 0.25) is 5.91 Å². The molecule has 5 heteroatoms. The number of benzene rings is 4. The molecule has 0 bridgehead atoms. The van der Waals surface area contributed by atoms with Crippen molar-refractivity contribution in [2.75, 3.05) is 30.5 Å². The minimum absolute atomic E-state index is 0.0801. The summed E-state index contributed by atoms with van der Waals surface area (Å²) in [4.78, 5) is 18.3. The number of carbonyl (C=O) groups excluding carboxylic acids is 1. The Hall–Kier alpha value is -4.25. The molecule has 1 heterocycles. The molecule has 5 rings (SSSR count). The van der Waals surface area contributed by atoms with E-state index in [2.05, 4.69) is 67.3 Å². The Kier molecular flexibility index (Phi) is 8.40. The number of carbonyl (C=O) groups is 1. The number of anilines is 2. The van der Waals surface area contributed by atoms with Gasteiger partial charge in [0.05, 0.1) is 19.1 Å². The molecule has 1 atom stereocenters. The highest BCUT2D eigenvalue weighted by Crippen LogP contribution is 2.39. The summed E-state index contributed by atoms with van der Waals surface area (Å²) in [6.07, 6.45) is 0.635. The van der Waals surface area contributed by atoms with Gasteiger partial charge < -0.3 is 19.3 Å². The van der Waals surface area contributed by atoms with Crippen LogP contribution in [0.15, 0.2) is 97.1 Å². The van der Waals surface area contributed by atoms with Crippen LogP contribution in [0.5, 0.6) is 11.5 Å². The van der Waals surface area contributed by atoms with Crippen LogP contribution in [0.25, 0.3) is 0 Å². The SMILES string of the molecule is CC(C)c1ccc(N(Cc2ccc(N(C)C)cc2)C(=O)C2CCOc3cc(OCc4ccccc4)ccc32)cc1. The van der Waals surface area contributed by atoms with Gasteiger partial charge in [-0.1, -0.05) is 74.5 Å². The van der Waals surface area contributed by atoms with Gasteiger partial charge in [0.15, 0.2) is 0 Å². The first kappa shape index (κ1) is 27.3. The van der Waals surface area contributed by atoms with Gasteiger partial charge in [0.1, 0.15) is 18.1 Å². The lowest BCUT2D eigenvalue weighted by atomic mass is 9.91. The zero-order valence-corrected chi connectivity index (χ0v) is 23.8. The Labute approximate surface area is 238 Å². The lowest BCUT2D eigenvalue weighted by Crippen LogP contribution is -2.36. The first-order valence-electron chi connectivity index (χ1n) is 14.0. The van der Waals surface area contributed by atoms with Crippen LogP contribution in [0, 0.1) is 0 Å². The lowest BCUT2D eigenvalue weighted by Gasteiger charge is -2.31. The number of nitrogens with zero attached hydrogens (tertiary/aromatic N) is 2. The molecule has 5 nitrogen and oxygen atoms in total. The average molecular weight is 535 g/mol. The highest BCUT2D eigenvalue weighted by molar-refractivity contribution is 5.98. The molecule has 1 unspecified atom stereocenters. The van der Waals surface area contributed by atoms with Crippen LogP contribution in [-0.4, -0.2) is 26.6 Å². The molecule has 0 spiro atoms. The van der Waals surface area contributed by atoms with Gasteiger partial charge in [0, 0.05) is 37.1 Å². The molecule has 1 amide bonds. The summed E-state index contributed by atoms with van der Waals surface area (Å²) in [6, 6.07) is 32.7. The van der Waals surface area contributed by atoms with E-state index in [4.69, 9.17) is 9.47 Å². The zero-order valence-electron chi connectivity index (χ0n) is 23.8. The molecule has 0 aromatic heterocycles. The van der Waals surface area contributed by atoms with Crippen LogP contribution >= 0.6 is 0 Å². The minimum Gasteiger partial charge on any atom is -0.493 e. The normalized spacial score (nSPS) is 14.3. The Morgan fingerprint density at radius 1 is 0.875 bits per heavy atom. The molecule has 4 aromatic carbocycles. The van der Waals surface area contributed by atoms with Crippen LogP contribution in [0.1, 0.15) is 54.4 Å². The first-order valence-corrected chi connectivity index (χ1v) is 14.0. The molecule has 0 fully saturated rings. The third-order valence-corrected chi connectivity index (χ3v) is 7.50. The van der Waals surface area contributed by atoms with Gasteiger partial charge in [-0.3, -0.25) is 4.79 Å². The lowest BCUT2D eigenvalue weighted by molar-refractivity contribution is -0.120. The number of fused-ring (bicyclic) bond motifs is 1. The molecule has 4 aromatic rings. The number of hydrogen-bond acceptors (Lipinski definition) is 4. The number of ether oxygens (including phenoxy) is 2. The van der Waals surface area contributed by atoms with Gasteiger partial charge in [-0.25, -0.2) is 0 Å². The van der Waals surface area contributed by atoms with Gasteiger partial charge in [0.25, 0.3) is 0 Å². The quantitative estimate of drug-likeness (QED) is 0.222. The van der Waals surface area contributed by atoms with E-state index in [0.29, 0.717) is 32.1 Å². The van der Waals surface area contributed by atoms with Crippen molar-refractivity contribution in [2.45, 2.75) is 45.3 Å². The topological polar surface area (TPSA) is 42.0 Å². The average Bonchev–Trinajstić information content (AvgIpc) is 2.99. The second kappa shape index (κ2) is 12.3. The second-order valence-corrected chi connectivity index (χ2v) is 10.9. The highest BCUT2D eigenvalue weighted by atomic mass is 16.5. The minimum atomic E-state index is -0.294. The van der Waals surface area contributed by atoms with Gasteiger partial charge in [-0.15, -0.1) is 0 Å². The molecular weight excluding hydrogens is 496 g/mol. The van der Waals surface area contributed by atoms with E-state index in [1.165, 1.54) is 5.56 Å². The Morgan fingerprint density at radius 2 is 1.57 bits per heavy atom. The standard InChI is InChI=1S/C35H38N2O3/c1-25(2)28-12-16-30(17-13-28)37(23-26-10-14-29(15-11-26)36(3)4)35(38)33-20-21-39-34-22-31(18-19-32(33)34)40-24-27-8-6-5-7-9-27/h5-19,22,25,33H,20-21,23-24H2,1-4H3. The van der Waals surface area contributed by atoms with Crippen molar-refractivity contribution >= 4 is 17.3 Å². The molecular formula is C35H38N2O3. The fourth-order valence-electron chi connectivity index (χ4n) is 5.06. The van der Waals surface area contributed by atoms with Gasteiger partial charge >= 0.3 is 0 Å². The summed E-state index contributed by atoms with van der Waals surface area (Å²) in [5, 5.41) is 0. The summed E-state index contributed by atoms with van der Waals surface area (Å²) in [7, 11) is 4.06. The van der Waals surface area contributed by atoms with Crippen molar-refractivity contribution in [1.82, 2.24) is 0 Å². The predicted molar refractivity (Wildman–Crippen MR) is 163 cm³/mol. The van der Waals surface area contributed by atoms with Crippen molar-refractivity contribution in [3.8, 4) is 11.5 Å². The Bertz CT molecular complexity index is 1410. The highest BCUT2D eigenvalue weighted by Gasteiger charge is 2.32. The molecule has 1 aliphatic rings. The van der Waals surface area contributed by atoms with Crippen LogP contribution in [0.4, 0.5) is 11.4 Å². The van der Waals surface area contributed by atoms with E-state index >= 15 is 0 Å². The fourth-order valence-corrected chi connectivity index (χ4v) is 5.06. The molecule has 0 aliphatic carbocycles. The van der Waals surface area contributed by atoms with Gasteiger partial charge in [-0.2, -0.15) is 0 Å². The van der Waals surface area contributed by atoms with E-state index in [9.17, 15) is 4.79 Å². The predicted octanol–water partition coefficient (Wildman–Crippen LogP) is 7.55. The smallest absolute Gasteiger partial charge is 0.235 e. The van der Waals surface area contributed by atoms with Crippen molar-refractivity contribution in [1.29, 1.82) is 0 Å². The Balaban J connectivity index is 1.41. The molecule has 0 saturated carbocycles. The molecule has 40 heavy (non-hydrogen) atoms. The molecule has 0 N–H and O–H groups in total. The van der Waals surface area contributed by atoms with Gasteiger partial charge in [-0.05, 0) is 59.4 Å². The third kappa shape index (κ3) is 6.31. The maximum Gasteiger partial charge on any atom is 0.235 e. The number of hydrogen-bond donors (Lipinski definition) is 0. The summed E-state index contributed by atoms with van der Waals surface area (Å²) < 4.78 is 12.1. The summed E-state index contributed by atoms with van der Waals surface area (Å²) in [6.45, 7) is 5.83. The summed E-state index contributed by atoms with van der Waals surface area (Å²) >= 11 is 0. The number of rotatable bonds is 9. The van der Waals surface area contributed by atoms with Crippen molar-refractivity contribution < 1.29 is 14.3 Å². The van der Waals surface area contributed by atoms with Crippen LogP contribution < -0.4 is 19.3 Å². The molecule has 0 saturated heterocycles. The van der Waals surface area contributed by atoms with Crippen molar-refractivity contribution in [2.24, 2.45) is 0 Å². The second-order valence-electron chi connectivity index (χ2n) is 10.9. The monoisotopic (exact) mass is 534 g/mol. The fraction of sp³-hybridized carbons (Fsp3) is 0.286. The van der Waals surface area contributed by atoms with Crippen LogP contribution in [0.3, 0.4) is 0 Å². The van der Waals surface area contributed by atoms with E-state index < -0.39 is 0 Å². The van der Waals surface area contributed by atoms with E-state index in [0.717, 1.165) is 39.6 Å². The maximum atomic E-state index is 14.3. The maximum absolute atomic E-state index is 14.3. The van der Waals surface area contributed by atoms with E-state index in [-0.39, 0.29) is 11.8 Å². The summed E-state index contributed by atoms with van der Waals surface area (Å²) in [5.74, 6) is 1.67. The summed E-state index contributed by atoms with van der Waals surface area (Å²) in [5.41, 5.74) is 6.39.